The predicted molar refractivity (Wildman–Crippen MR) is 55.0 cm³/mol. The third-order valence-corrected chi connectivity index (χ3v) is 2.22. The molecule has 0 aliphatic heterocycles. The Kier molecular flexibility index (Phi) is 2.79. The Labute approximate surface area is 95.4 Å². The van der Waals surface area contributed by atoms with Crippen molar-refractivity contribution in [1.29, 1.82) is 0 Å². The van der Waals surface area contributed by atoms with E-state index in [2.05, 4.69) is 15.0 Å². The van der Waals surface area contributed by atoms with Gasteiger partial charge in [-0.25, -0.2) is 4.98 Å². The summed E-state index contributed by atoms with van der Waals surface area (Å²) in [4.78, 5) is 11.4. The summed E-state index contributed by atoms with van der Waals surface area (Å²) in [6.45, 7) is 1.51. The highest BCUT2D eigenvalue weighted by atomic mass is 19.4. The van der Waals surface area contributed by atoms with E-state index in [1.54, 1.807) is 0 Å². The number of hydrogen-bond donors (Lipinski definition) is 0. The number of rotatable bonds is 1. The normalized spacial score (nSPS) is 11.5. The minimum absolute atomic E-state index is 0.278. The second kappa shape index (κ2) is 4.12. The number of nitrogens with zero attached hydrogens (tertiary/aromatic N) is 3. The Hall–Kier alpha value is -1.98. The molecule has 0 radical (unpaired) electrons. The summed E-state index contributed by atoms with van der Waals surface area (Å²) in [5, 5.41) is 0. The van der Waals surface area contributed by atoms with Crippen LogP contribution < -0.4 is 0 Å². The first-order valence-electron chi connectivity index (χ1n) is 4.80. The summed E-state index contributed by atoms with van der Waals surface area (Å²) in [5.74, 6) is 0. The first-order valence-corrected chi connectivity index (χ1v) is 4.80. The number of aryl methyl sites for hydroxylation is 1. The molecule has 3 nitrogen and oxygen atoms in total. The highest BCUT2D eigenvalue weighted by Gasteiger charge is 2.32. The third kappa shape index (κ3) is 2.41. The zero-order valence-corrected chi connectivity index (χ0v) is 8.86. The molecule has 0 saturated carbocycles. The number of halogens is 3. The summed E-state index contributed by atoms with van der Waals surface area (Å²) in [5.41, 5.74) is 0.431. The van der Waals surface area contributed by atoms with E-state index in [1.165, 1.54) is 31.6 Å². The van der Waals surface area contributed by atoms with Crippen LogP contribution in [0.3, 0.4) is 0 Å². The van der Waals surface area contributed by atoms with Crippen LogP contribution in [0.5, 0.6) is 0 Å². The highest BCUT2D eigenvalue weighted by molar-refractivity contribution is 5.60. The molecule has 0 aromatic carbocycles. The van der Waals surface area contributed by atoms with Gasteiger partial charge in [0.15, 0.2) is 0 Å². The van der Waals surface area contributed by atoms with Gasteiger partial charge in [-0.15, -0.1) is 0 Å². The molecular formula is C11H8F3N3. The molecule has 0 fully saturated rings. The number of pyridine rings is 1. The SMILES string of the molecule is Cc1nc(C(F)(F)F)ccc1-c1cnccn1. The number of alkyl halides is 3. The van der Waals surface area contributed by atoms with Crippen molar-refractivity contribution in [2.45, 2.75) is 13.1 Å². The molecule has 0 unspecified atom stereocenters. The smallest absolute Gasteiger partial charge is 0.261 e. The lowest BCUT2D eigenvalue weighted by Crippen LogP contribution is -2.09. The van der Waals surface area contributed by atoms with Crippen molar-refractivity contribution in [2.75, 3.05) is 0 Å². The lowest BCUT2D eigenvalue weighted by Gasteiger charge is -2.09. The van der Waals surface area contributed by atoms with Crippen molar-refractivity contribution in [1.82, 2.24) is 15.0 Å². The van der Waals surface area contributed by atoms with E-state index in [0.29, 0.717) is 11.3 Å². The van der Waals surface area contributed by atoms with Gasteiger partial charge in [0.25, 0.3) is 0 Å². The van der Waals surface area contributed by atoms with Gasteiger partial charge in [-0.1, -0.05) is 0 Å². The maximum atomic E-state index is 12.4. The van der Waals surface area contributed by atoms with Gasteiger partial charge in [0.1, 0.15) is 5.69 Å². The van der Waals surface area contributed by atoms with E-state index in [9.17, 15) is 13.2 Å². The van der Waals surface area contributed by atoms with Gasteiger partial charge < -0.3 is 0 Å². The van der Waals surface area contributed by atoms with E-state index < -0.39 is 11.9 Å². The summed E-state index contributed by atoms with van der Waals surface area (Å²) in [6.07, 6.45) is 0.0335. The lowest BCUT2D eigenvalue weighted by molar-refractivity contribution is -0.141. The van der Waals surface area contributed by atoms with Gasteiger partial charge in [-0.3, -0.25) is 9.97 Å². The molecule has 0 N–H and O–H groups in total. The van der Waals surface area contributed by atoms with E-state index >= 15 is 0 Å². The van der Waals surface area contributed by atoms with Crippen LogP contribution in [0.4, 0.5) is 13.2 Å². The van der Waals surface area contributed by atoms with Crippen LogP contribution in [0, 0.1) is 6.92 Å². The van der Waals surface area contributed by atoms with Crippen molar-refractivity contribution >= 4 is 0 Å². The lowest BCUT2D eigenvalue weighted by atomic mass is 10.1. The second-order valence-electron chi connectivity index (χ2n) is 3.42. The van der Waals surface area contributed by atoms with Gasteiger partial charge >= 0.3 is 6.18 Å². The molecule has 2 rings (SSSR count). The Morgan fingerprint density at radius 1 is 1.12 bits per heavy atom. The molecule has 2 heterocycles. The van der Waals surface area contributed by atoms with Crippen molar-refractivity contribution in [3.05, 3.63) is 42.1 Å². The van der Waals surface area contributed by atoms with Crippen LogP contribution >= 0.6 is 0 Å². The van der Waals surface area contributed by atoms with E-state index in [0.717, 1.165) is 6.07 Å². The van der Waals surface area contributed by atoms with Crippen molar-refractivity contribution < 1.29 is 13.2 Å². The third-order valence-electron chi connectivity index (χ3n) is 2.22. The summed E-state index contributed by atoms with van der Waals surface area (Å²) >= 11 is 0. The molecule has 88 valence electrons. The van der Waals surface area contributed by atoms with Gasteiger partial charge in [-0.2, -0.15) is 13.2 Å². The monoisotopic (exact) mass is 239 g/mol. The average Bonchev–Trinajstić information content (AvgIpc) is 2.29. The first-order chi connectivity index (χ1) is 7.98. The minimum Gasteiger partial charge on any atom is -0.261 e. The standard InChI is InChI=1S/C11H8F3N3/c1-7-8(9-6-15-4-5-16-9)2-3-10(17-7)11(12,13)14/h2-6H,1H3. The molecule has 0 bridgehead atoms. The zero-order valence-electron chi connectivity index (χ0n) is 8.86. The fourth-order valence-electron chi connectivity index (χ4n) is 1.43. The molecule has 0 atom stereocenters. The van der Waals surface area contributed by atoms with E-state index in [4.69, 9.17) is 0 Å². The Morgan fingerprint density at radius 2 is 1.88 bits per heavy atom. The first kappa shape index (κ1) is 11.5. The Morgan fingerprint density at radius 3 is 2.41 bits per heavy atom. The highest BCUT2D eigenvalue weighted by Crippen LogP contribution is 2.29. The number of hydrogen-bond acceptors (Lipinski definition) is 3. The van der Waals surface area contributed by atoms with Crippen LogP contribution in [0.25, 0.3) is 11.3 Å². The topological polar surface area (TPSA) is 38.7 Å². The molecule has 0 spiro atoms. The largest absolute Gasteiger partial charge is 0.433 e. The van der Waals surface area contributed by atoms with Gasteiger partial charge in [0.2, 0.25) is 0 Å². The van der Waals surface area contributed by atoms with Crippen molar-refractivity contribution in [2.24, 2.45) is 0 Å². The van der Waals surface area contributed by atoms with E-state index in [1.807, 2.05) is 0 Å². The summed E-state index contributed by atoms with van der Waals surface area (Å²) in [6, 6.07) is 2.30. The zero-order chi connectivity index (χ0) is 12.5. The quantitative estimate of drug-likeness (QED) is 0.768. The van der Waals surface area contributed by atoms with Crippen molar-refractivity contribution in [3.63, 3.8) is 0 Å². The van der Waals surface area contributed by atoms with Crippen LogP contribution in [0.15, 0.2) is 30.7 Å². The van der Waals surface area contributed by atoms with E-state index in [-0.39, 0.29) is 5.69 Å². The van der Waals surface area contributed by atoms with Gasteiger partial charge in [0.05, 0.1) is 11.9 Å². The maximum Gasteiger partial charge on any atom is 0.433 e. The number of aromatic nitrogens is 3. The second-order valence-corrected chi connectivity index (χ2v) is 3.42. The fourth-order valence-corrected chi connectivity index (χ4v) is 1.43. The average molecular weight is 239 g/mol. The molecule has 0 aliphatic rings. The molecule has 17 heavy (non-hydrogen) atoms. The summed E-state index contributed by atoms with van der Waals surface area (Å²) < 4.78 is 37.2. The van der Waals surface area contributed by atoms with Crippen LogP contribution in [-0.4, -0.2) is 15.0 Å². The molecule has 2 aromatic heterocycles. The summed E-state index contributed by atoms with van der Waals surface area (Å²) in [7, 11) is 0. The molecule has 0 saturated heterocycles. The molecular weight excluding hydrogens is 231 g/mol. The molecule has 0 amide bonds. The van der Waals surface area contributed by atoms with Crippen LogP contribution in [0.2, 0.25) is 0 Å². The minimum atomic E-state index is -4.42. The predicted octanol–water partition coefficient (Wildman–Crippen LogP) is 2.87. The van der Waals surface area contributed by atoms with Crippen LogP contribution in [0.1, 0.15) is 11.4 Å². The van der Waals surface area contributed by atoms with Gasteiger partial charge in [0, 0.05) is 23.7 Å². The Bertz CT molecular complexity index is 523. The fraction of sp³-hybridized carbons (Fsp3) is 0.182. The van der Waals surface area contributed by atoms with Crippen LogP contribution in [-0.2, 0) is 6.18 Å². The molecule has 6 heteroatoms. The molecule has 2 aromatic rings. The molecule has 0 aliphatic carbocycles. The van der Waals surface area contributed by atoms with Crippen molar-refractivity contribution in [3.8, 4) is 11.3 Å². The Balaban J connectivity index is 2.46. The van der Waals surface area contributed by atoms with Gasteiger partial charge in [-0.05, 0) is 19.1 Å². The maximum absolute atomic E-state index is 12.4.